The molecule has 288 valence electrons. The van der Waals surface area contributed by atoms with Gasteiger partial charge in [0.2, 0.25) is 11.8 Å². The van der Waals surface area contributed by atoms with E-state index in [0.29, 0.717) is 36.2 Å². The van der Waals surface area contributed by atoms with Crippen LogP contribution >= 0.6 is 0 Å². The van der Waals surface area contributed by atoms with Gasteiger partial charge in [0.05, 0.1) is 47.1 Å². The summed E-state index contributed by atoms with van der Waals surface area (Å²) < 4.78 is 8.63. The van der Waals surface area contributed by atoms with E-state index in [2.05, 4.69) is 36.2 Å². The lowest BCUT2D eigenvalue weighted by Crippen LogP contribution is -2.49. The summed E-state index contributed by atoms with van der Waals surface area (Å²) in [6.45, 7) is 1.11. The summed E-state index contributed by atoms with van der Waals surface area (Å²) in [6, 6.07) is 10.0. The largest absolute Gasteiger partial charge is 0.465 e. The average Bonchev–Trinajstić information content (AvgIpc) is 3.78. The molecule has 0 radical (unpaired) electrons. The van der Waals surface area contributed by atoms with E-state index >= 15 is 0 Å². The van der Waals surface area contributed by atoms with Crippen molar-refractivity contribution in [3.63, 3.8) is 0 Å². The number of imidazole rings is 2. The third-order valence-electron chi connectivity index (χ3n) is 12.0. The van der Waals surface area contributed by atoms with E-state index in [1.165, 1.54) is 0 Å². The fourth-order valence-corrected chi connectivity index (χ4v) is 9.00. The second kappa shape index (κ2) is 13.2. The molecule has 3 aliphatic heterocycles. The van der Waals surface area contributed by atoms with Crippen molar-refractivity contribution >= 4 is 34.9 Å². The van der Waals surface area contributed by atoms with E-state index < -0.39 is 24.3 Å². The number of aromatic amines is 2. The molecule has 2 aromatic carbocycles. The normalized spacial score (nSPS) is 21.1. The van der Waals surface area contributed by atoms with Gasteiger partial charge in [0.25, 0.3) is 0 Å². The Labute approximate surface area is 320 Å². The summed E-state index contributed by atoms with van der Waals surface area (Å²) in [4.78, 5) is 69.8. The molecule has 4 amide bonds. The summed E-state index contributed by atoms with van der Waals surface area (Å²) in [5.74, 6) is 2.45. The number of H-pyrrole nitrogens is 2. The van der Waals surface area contributed by atoms with Crippen LogP contribution in [-0.2, 0) is 9.59 Å². The zero-order chi connectivity index (χ0) is 38.2. The van der Waals surface area contributed by atoms with Gasteiger partial charge in [0, 0.05) is 35.8 Å². The van der Waals surface area contributed by atoms with Crippen molar-refractivity contribution in [2.45, 2.75) is 75.5 Å². The number of nitrogens with one attached hydrogen (secondary N) is 4. The summed E-state index contributed by atoms with van der Waals surface area (Å²) in [7, 11) is 0. The van der Waals surface area contributed by atoms with Gasteiger partial charge in [-0.05, 0) is 93.5 Å². The number of hydrogen-bond acceptors (Lipinski definition) is 7. The number of carbonyl (C=O) groups is 4. The van der Waals surface area contributed by atoms with Crippen LogP contribution in [0.2, 0.25) is 0 Å². The molecule has 2 aliphatic carbocycles. The maximum Gasteiger partial charge on any atom is 0.405 e. The summed E-state index contributed by atoms with van der Waals surface area (Å²) in [6.07, 6.45) is 9.69. The Morgan fingerprint density at radius 3 is 1.91 bits per heavy atom. The van der Waals surface area contributed by atoms with Crippen LogP contribution in [-0.4, -0.2) is 93.7 Å². The number of hydrogen-bond donors (Lipinski definition) is 6. The molecule has 10 rings (SSSR count). The zero-order valence-corrected chi connectivity index (χ0v) is 30.4. The quantitative estimate of drug-likeness (QED) is 0.0975. The molecule has 56 heavy (non-hydrogen) atoms. The average molecular weight is 760 g/mol. The van der Waals surface area contributed by atoms with E-state index in [1.807, 2.05) is 36.5 Å². The first kappa shape index (κ1) is 34.2. The van der Waals surface area contributed by atoms with Gasteiger partial charge < -0.3 is 49.9 Å². The Morgan fingerprint density at radius 1 is 0.732 bits per heavy atom. The van der Waals surface area contributed by atoms with Gasteiger partial charge in [-0.1, -0.05) is 6.07 Å². The molecule has 0 spiro atoms. The molecule has 2 saturated carbocycles. The van der Waals surface area contributed by atoms with Crippen molar-refractivity contribution in [3.05, 3.63) is 66.6 Å². The molecule has 5 aromatic rings. The molecule has 6 heterocycles. The molecule has 16 heteroatoms. The van der Waals surface area contributed by atoms with Crippen LogP contribution in [0.3, 0.4) is 0 Å². The third kappa shape index (κ3) is 5.90. The maximum atomic E-state index is 13.5. The molecule has 2 saturated heterocycles. The van der Waals surface area contributed by atoms with Gasteiger partial charge in [0.1, 0.15) is 23.7 Å². The number of carboxylic acid groups (broad SMARTS) is 2. The first-order valence-corrected chi connectivity index (χ1v) is 19.4. The molecule has 6 N–H and O–H groups in total. The smallest absolute Gasteiger partial charge is 0.405 e. The third-order valence-corrected chi connectivity index (χ3v) is 12.0. The Kier molecular flexibility index (Phi) is 8.04. The molecular weight excluding hydrogens is 718 g/mol. The molecule has 0 bridgehead atoms. The van der Waals surface area contributed by atoms with Crippen LogP contribution in [0.15, 0.2) is 55.0 Å². The van der Waals surface area contributed by atoms with Crippen molar-refractivity contribution in [1.29, 1.82) is 0 Å². The molecule has 2 unspecified atom stereocenters. The topological polar surface area (TPSA) is 211 Å². The van der Waals surface area contributed by atoms with E-state index in [0.717, 1.165) is 90.5 Å². The van der Waals surface area contributed by atoms with Crippen LogP contribution in [0.25, 0.3) is 39.1 Å². The number of benzene rings is 2. The minimum Gasteiger partial charge on any atom is -0.465 e. The SMILES string of the molecule is O=C(O)NC(C(=O)N1CCCC1c1ncc(-c2ccc3c4c2ccn4-c2ccc(-c4cnc([C@@H]5CCCN5C(=O)[C@@H](NC(=O)O)C5CC5)[nH]4)cc2O3)[nH]1)C1CC1. The highest BCUT2D eigenvalue weighted by Gasteiger charge is 2.44. The Bertz CT molecular complexity index is 2410. The Balaban J connectivity index is 0.884. The highest BCUT2D eigenvalue weighted by Crippen LogP contribution is 2.46. The number of carbonyl (C=O) groups excluding carboxylic acids is 2. The van der Waals surface area contributed by atoms with Crippen molar-refractivity contribution in [1.82, 2.24) is 44.9 Å². The monoisotopic (exact) mass is 759 g/mol. The van der Waals surface area contributed by atoms with Crippen molar-refractivity contribution in [3.8, 4) is 39.7 Å². The molecule has 4 atom stereocenters. The maximum absolute atomic E-state index is 13.5. The van der Waals surface area contributed by atoms with E-state index in [9.17, 15) is 29.4 Å². The first-order valence-electron chi connectivity index (χ1n) is 19.4. The minimum absolute atomic E-state index is 0.0434. The van der Waals surface area contributed by atoms with Crippen LogP contribution in [0.1, 0.15) is 75.1 Å². The van der Waals surface area contributed by atoms with Gasteiger partial charge in [-0.3, -0.25) is 9.59 Å². The predicted molar refractivity (Wildman–Crippen MR) is 201 cm³/mol. The van der Waals surface area contributed by atoms with Gasteiger partial charge in [0.15, 0.2) is 11.5 Å². The van der Waals surface area contributed by atoms with Crippen molar-refractivity contribution in [2.75, 3.05) is 13.1 Å². The van der Waals surface area contributed by atoms with Gasteiger partial charge >= 0.3 is 12.2 Å². The highest BCUT2D eigenvalue weighted by atomic mass is 16.5. The number of rotatable bonds is 10. The Morgan fingerprint density at radius 2 is 1.32 bits per heavy atom. The van der Waals surface area contributed by atoms with Crippen LogP contribution in [0.4, 0.5) is 9.59 Å². The minimum atomic E-state index is -1.18. The number of amides is 4. The van der Waals surface area contributed by atoms with E-state index in [-0.39, 0.29) is 35.7 Å². The Hall–Kier alpha value is -6.32. The molecule has 4 fully saturated rings. The van der Waals surface area contributed by atoms with E-state index in [1.54, 1.807) is 22.2 Å². The van der Waals surface area contributed by atoms with Crippen LogP contribution < -0.4 is 15.4 Å². The lowest BCUT2D eigenvalue weighted by Gasteiger charge is -2.28. The second-order valence-corrected chi connectivity index (χ2v) is 15.6. The summed E-state index contributed by atoms with van der Waals surface area (Å²) in [5, 5.41) is 24.6. The van der Waals surface area contributed by atoms with Gasteiger partial charge in [-0.25, -0.2) is 19.6 Å². The van der Waals surface area contributed by atoms with Crippen molar-refractivity contribution < 1.29 is 34.1 Å². The van der Waals surface area contributed by atoms with Crippen LogP contribution in [0.5, 0.6) is 11.5 Å². The number of nitrogens with zero attached hydrogens (tertiary/aromatic N) is 5. The van der Waals surface area contributed by atoms with Crippen molar-refractivity contribution in [2.24, 2.45) is 11.8 Å². The first-order chi connectivity index (χ1) is 27.2. The number of fused-ring (bicyclic) bond motifs is 2. The van der Waals surface area contributed by atoms with Crippen LogP contribution in [0, 0.1) is 11.8 Å². The molecule has 16 nitrogen and oxygen atoms in total. The molecular formula is C40H41N9O7. The predicted octanol–water partition coefficient (Wildman–Crippen LogP) is 5.94. The standard InChI is InChI=1S/C40H41N9O7/c50-37(32(20-5-6-20)45-39(52)53)48-14-1-3-28(48)35-41-18-25(43-35)22-9-11-27-31(17-22)56-30-12-10-23(24-13-16-47(27)34(24)30)26-19-42-36(44-26)29-4-2-15-49(29)38(51)33(21-7-8-21)46-40(54)55/h9-13,16-21,28-29,32-33,45-46H,1-8,14-15H2,(H,41,43)(H,42,44)(H,52,53)(H,54,55)/t28-,29?,32-,33?/m0/s1. The lowest BCUT2D eigenvalue weighted by atomic mass is 10.1. The van der Waals surface area contributed by atoms with Gasteiger partial charge in [-0.2, -0.15) is 0 Å². The summed E-state index contributed by atoms with van der Waals surface area (Å²) >= 11 is 0. The molecule has 3 aromatic heterocycles. The number of aromatic nitrogens is 5. The fraction of sp³-hybridized carbons (Fsp3) is 0.400. The number of ether oxygens (including phenoxy) is 1. The lowest BCUT2D eigenvalue weighted by molar-refractivity contribution is -0.135. The summed E-state index contributed by atoms with van der Waals surface area (Å²) in [5.41, 5.74) is 5.20. The fourth-order valence-electron chi connectivity index (χ4n) is 9.00. The second-order valence-electron chi connectivity index (χ2n) is 15.6. The van der Waals surface area contributed by atoms with E-state index in [4.69, 9.17) is 9.72 Å². The molecule has 5 aliphatic rings. The zero-order valence-electron chi connectivity index (χ0n) is 30.4. The number of likely N-dealkylation sites (tertiary alicyclic amines) is 2. The highest BCUT2D eigenvalue weighted by molar-refractivity contribution is 6.00. The van der Waals surface area contributed by atoms with Gasteiger partial charge in [-0.15, -0.1) is 0 Å².